The number of aromatic nitrogens is 1. The zero-order valence-electron chi connectivity index (χ0n) is 10.8. The van der Waals surface area contributed by atoms with E-state index in [4.69, 9.17) is 22.2 Å². The number of hydrogen-bond donors (Lipinski definition) is 3. The molecule has 0 aliphatic rings. The molecule has 0 fully saturated rings. The van der Waals surface area contributed by atoms with Gasteiger partial charge in [-0.15, -0.1) is 0 Å². The largest absolute Gasteiger partial charge is 0.389 e. The number of nitrogen functional groups attached to an aromatic ring is 1. The molecule has 1 rings (SSSR count). The number of rotatable bonds is 6. The minimum Gasteiger partial charge on any atom is -0.389 e. The highest BCUT2D eigenvalue weighted by Crippen LogP contribution is 2.19. The van der Waals surface area contributed by atoms with Gasteiger partial charge in [0.25, 0.3) is 5.91 Å². The Morgan fingerprint density at radius 1 is 1.74 bits per heavy atom. The lowest BCUT2D eigenvalue weighted by molar-refractivity contribution is 0.0380. The molecular formula is C11H17ClN4O3. The number of halogens is 1. The number of nitrogens with one attached hydrogen (secondary N) is 1. The number of anilines is 1. The predicted octanol–water partition coefficient (Wildman–Crippen LogP) is 0.0999. The summed E-state index contributed by atoms with van der Waals surface area (Å²) in [5.41, 5.74) is 2.63. The first-order valence-corrected chi connectivity index (χ1v) is 5.92. The van der Waals surface area contributed by atoms with Crippen LogP contribution < -0.4 is 11.3 Å². The summed E-state index contributed by atoms with van der Waals surface area (Å²) in [7, 11) is 3.05. The molecule has 8 heteroatoms. The van der Waals surface area contributed by atoms with Crippen LogP contribution in [0, 0.1) is 0 Å². The number of nitrogens with zero attached hydrogens (tertiary/aromatic N) is 2. The van der Waals surface area contributed by atoms with E-state index in [2.05, 4.69) is 10.4 Å². The Morgan fingerprint density at radius 2 is 2.42 bits per heavy atom. The van der Waals surface area contributed by atoms with E-state index in [0.717, 1.165) is 0 Å². The number of methoxy groups -OCH3 is 1. The Bertz CT molecular complexity index is 444. The van der Waals surface area contributed by atoms with Crippen LogP contribution in [-0.2, 0) is 4.74 Å². The van der Waals surface area contributed by atoms with Crippen LogP contribution in [0.1, 0.15) is 10.4 Å². The standard InChI is InChI=1S/C11H17ClN4O3/c1-16(5-8(17)6-19-2)11(18)7-3-9(12)10(15-13)14-4-7/h3-4,8,17H,5-6,13H2,1-2H3,(H,14,15). The molecule has 1 heterocycles. The highest BCUT2D eigenvalue weighted by Gasteiger charge is 2.17. The van der Waals surface area contributed by atoms with Crippen molar-refractivity contribution >= 4 is 23.3 Å². The van der Waals surface area contributed by atoms with Crippen LogP contribution in [0.4, 0.5) is 5.82 Å². The second-order valence-electron chi connectivity index (χ2n) is 3.99. The summed E-state index contributed by atoms with van der Waals surface area (Å²) in [6, 6.07) is 1.46. The van der Waals surface area contributed by atoms with Gasteiger partial charge in [0.15, 0.2) is 5.82 Å². The molecule has 1 atom stereocenters. The third-order valence-electron chi connectivity index (χ3n) is 2.42. The maximum absolute atomic E-state index is 12.1. The summed E-state index contributed by atoms with van der Waals surface area (Å²) in [4.78, 5) is 17.3. The number of aliphatic hydroxyl groups is 1. The van der Waals surface area contributed by atoms with Crippen molar-refractivity contribution in [2.75, 3.05) is 32.7 Å². The van der Waals surface area contributed by atoms with Gasteiger partial charge >= 0.3 is 0 Å². The van der Waals surface area contributed by atoms with Gasteiger partial charge in [-0.2, -0.15) is 0 Å². The van der Waals surface area contributed by atoms with E-state index in [9.17, 15) is 9.90 Å². The summed E-state index contributed by atoms with van der Waals surface area (Å²) < 4.78 is 4.80. The number of aliphatic hydroxyl groups excluding tert-OH is 1. The van der Waals surface area contributed by atoms with Crippen LogP contribution in [0.5, 0.6) is 0 Å². The van der Waals surface area contributed by atoms with E-state index in [-0.39, 0.29) is 24.1 Å². The Balaban J connectivity index is 2.74. The molecule has 0 radical (unpaired) electrons. The number of hydrazine groups is 1. The molecule has 0 aliphatic carbocycles. The lowest BCUT2D eigenvalue weighted by Crippen LogP contribution is -2.36. The molecule has 0 saturated heterocycles. The van der Waals surface area contributed by atoms with Crippen LogP contribution in [0.3, 0.4) is 0 Å². The van der Waals surface area contributed by atoms with E-state index < -0.39 is 6.10 Å². The van der Waals surface area contributed by atoms with E-state index in [0.29, 0.717) is 11.4 Å². The van der Waals surface area contributed by atoms with Gasteiger partial charge < -0.3 is 20.2 Å². The SMILES string of the molecule is COCC(O)CN(C)C(=O)c1cnc(NN)c(Cl)c1. The number of nitrogens with two attached hydrogens (primary N) is 1. The van der Waals surface area contributed by atoms with Crippen molar-refractivity contribution in [3.05, 3.63) is 22.8 Å². The molecule has 0 aliphatic heterocycles. The Morgan fingerprint density at radius 3 is 2.95 bits per heavy atom. The third-order valence-corrected chi connectivity index (χ3v) is 2.70. The molecule has 1 unspecified atom stereocenters. The van der Waals surface area contributed by atoms with Gasteiger partial charge in [0.2, 0.25) is 0 Å². The van der Waals surface area contributed by atoms with E-state index in [1.165, 1.54) is 24.3 Å². The second-order valence-corrected chi connectivity index (χ2v) is 4.40. The number of carbonyl (C=O) groups is 1. The van der Waals surface area contributed by atoms with Gasteiger partial charge in [0.05, 0.1) is 23.3 Å². The number of amides is 1. The summed E-state index contributed by atoms with van der Waals surface area (Å²) in [6.07, 6.45) is 0.621. The van der Waals surface area contributed by atoms with Crippen molar-refractivity contribution in [1.82, 2.24) is 9.88 Å². The molecule has 0 spiro atoms. The summed E-state index contributed by atoms with van der Waals surface area (Å²) >= 11 is 5.89. The first kappa shape index (κ1) is 15.6. The molecule has 4 N–H and O–H groups in total. The van der Waals surface area contributed by atoms with Crippen molar-refractivity contribution in [1.29, 1.82) is 0 Å². The Hall–Kier alpha value is -1.41. The van der Waals surface area contributed by atoms with Crippen LogP contribution in [-0.4, -0.2) is 54.3 Å². The molecule has 19 heavy (non-hydrogen) atoms. The molecule has 1 aromatic heterocycles. The molecule has 7 nitrogen and oxygen atoms in total. The Labute approximate surface area is 116 Å². The average molecular weight is 289 g/mol. The fourth-order valence-corrected chi connectivity index (χ4v) is 1.75. The number of pyridine rings is 1. The van der Waals surface area contributed by atoms with E-state index in [1.807, 2.05) is 0 Å². The Kier molecular flexibility index (Phi) is 5.97. The molecule has 0 aromatic carbocycles. The fourth-order valence-electron chi connectivity index (χ4n) is 1.53. The van der Waals surface area contributed by atoms with Gasteiger partial charge in [-0.25, -0.2) is 10.8 Å². The van der Waals surface area contributed by atoms with Gasteiger partial charge in [0.1, 0.15) is 0 Å². The normalized spacial score (nSPS) is 12.1. The molecule has 0 bridgehead atoms. The zero-order chi connectivity index (χ0) is 14.4. The van der Waals surface area contributed by atoms with Crippen LogP contribution in [0.2, 0.25) is 5.02 Å². The number of likely N-dealkylation sites (N-methyl/N-ethyl adjacent to an activating group) is 1. The van der Waals surface area contributed by atoms with Crippen molar-refractivity contribution in [2.24, 2.45) is 5.84 Å². The maximum atomic E-state index is 12.1. The van der Waals surface area contributed by atoms with Crippen LogP contribution in [0.15, 0.2) is 12.3 Å². The lowest BCUT2D eigenvalue weighted by atomic mass is 10.2. The minimum atomic E-state index is -0.743. The summed E-state index contributed by atoms with van der Waals surface area (Å²) in [6.45, 7) is 0.313. The fraction of sp³-hybridized carbons (Fsp3) is 0.455. The minimum absolute atomic E-state index is 0.154. The lowest BCUT2D eigenvalue weighted by Gasteiger charge is -2.20. The molecular weight excluding hydrogens is 272 g/mol. The predicted molar refractivity (Wildman–Crippen MR) is 71.9 cm³/mol. The summed E-state index contributed by atoms with van der Waals surface area (Å²) in [5.74, 6) is 5.19. The smallest absolute Gasteiger partial charge is 0.255 e. The van der Waals surface area contributed by atoms with Crippen molar-refractivity contribution < 1.29 is 14.6 Å². The van der Waals surface area contributed by atoms with Gasteiger partial charge in [-0.05, 0) is 6.07 Å². The molecule has 106 valence electrons. The van der Waals surface area contributed by atoms with Gasteiger partial charge in [-0.3, -0.25) is 4.79 Å². The molecule has 1 amide bonds. The van der Waals surface area contributed by atoms with Crippen LogP contribution >= 0.6 is 11.6 Å². The molecule has 0 saturated carbocycles. The summed E-state index contributed by atoms with van der Waals surface area (Å²) in [5, 5.41) is 9.81. The van der Waals surface area contributed by atoms with Crippen molar-refractivity contribution in [2.45, 2.75) is 6.10 Å². The number of carbonyl (C=O) groups excluding carboxylic acids is 1. The molecule has 1 aromatic rings. The monoisotopic (exact) mass is 288 g/mol. The average Bonchev–Trinajstić information content (AvgIpc) is 2.37. The van der Waals surface area contributed by atoms with Crippen molar-refractivity contribution in [3.63, 3.8) is 0 Å². The second kappa shape index (κ2) is 7.25. The highest BCUT2D eigenvalue weighted by atomic mass is 35.5. The van der Waals surface area contributed by atoms with Crippen LogP contribution in [0.25, 0.3) is 0 Å². The van der Waals surface area contributed by atoms with Gasteiger partial charge in [0, 0.05) is 26.9 Å². The first-order chi connectivity index (χ1) is 8.99. The highest BCUT2D eigenvalue weighted by molar-refractivity contribution is 6.33. The topological polar surface area (TPSA) is 101 Å². The zero-order valence-corrected chi connectivity index (χ0v) is 11.5. The maximum Gasteiger partial charge on any atom is 0.255 e. The quantitative estimate of drug-likeness (QED) is 0.507. The number of ether oxygens (including phenoxy) is 1. The first-order valence-electron chi connectivity index (χ1n) is 5.54. The van der Waals surface area contributed by atoms with E-state index >= 15 is 0 Å². The van der Waals surface area contributed by atoms with Crippen molar-refractivity contribution in [3.8, 4) is 0 Å². The van der Waals surface area contributed by atoms with E-state index in [1.54, 1.807) is 7.05 Å². The van der Waals surface area contributed by atoms with Gasteiger partial charge in [-0.1, -0.05) is 11.6 Å². The third kappa shape index (κ3) is 4.32. The number of hydrogen-bond acceptors (Lipinski definition) is 6.